The number of aryl methyl sites for hydroxylation is 1. The molecule has 0 bridgehead atoms. The molecular formula is C21H30N4O3. The summed E-state index contributed by atoms with van der Waals surface area (Å²) in [6.07, 6.45) is 2.23. The van der Waals surface area contributed by atoms with Crippen molar-refractivity contribution in [2.45, 2.75) is 52.0 Å². The first-order chi connectivity index (χ1) is 13.4. The third kappa shape index (κ3) is 4.29. The van der Waals surface area contributed by atoms with Crippen molar-refractivity contribution in [1.29, 1.82) is 0 Å². The van der Waals surface area contributed by atoms with Gasteiger partial charge >= 0.3 is 5.69 Å². The fourth-order valence-corrected chi connectivity index (χ4v) is 3.83. The Morgan fingerprint density at radius 2 is 2.00 bits per heavy atom. The molecule has 1 aliphatic heterocycles. The van der Waals surface area contributed by atoms with E-state index in [1.165, 1.54) is 4.68 Å². The molecule has 1 atom stereocenters. The molecule has 1 saturated heterocycles. The molecule has 1 aliphatic rings. The smallest absolute Gasteiger partial charge is 0.345 e. The first-order valence-corrected chi connectivity index (χ1v) is 10.1. The number of hydrogen-bond donors (Lipinski definition) is 0. The number of aromatic nitrogens is 3. The number of ether oxygens (including phenoxy) is 1. The van der Waals surface area contributed by atoms with Gasteiger partial charge in [0.05, 0.1) is 13.0 Å². The van der Waals surface area contributed by atoms with Gasteiger partial charge < -0.3 is 9.64 Å². The van der Waals surface area contributed by atoms with Crippen LogP contribution in [-0.2, 0) is 18.3 Å². The van der Waals surface area contributed by atoms with E-state index in [0.717, 1.165) is 36.5 Å². The topological polar surface area (TPSA) is 69.4 Å². The molecule has 1 aromatic heterocycles. The standard InChI is InChI=1S/C21H30N4O3/c1-5-28-18-10-8-16(9-11-18)13-19(26)24-12-6-7-17(14-24)20-22-23(4)21(27)25(20)15(2)3/h8-11,15,17H,5-7,12-14H2,1-4H3. The average Bonchev–Trinajstić information content (AvgIpc) is 2.98. The van der Waals surface area contributed by atoms with Gasteiger partial charge in [-0.05, 0) is 51.3 Å². The predicted molar refractivity (Wildman–Crippen MR) is 108 cm³/mol. The van der Waals surface area contributed by atoms with Gasteiger partial charge in [0.2, 0.25) is 5.91 Å². The van der Waals surface area contributed by atoms with E-state index >= 15 is 0 Å². The lowest BCUT2D eigenvalue weighted by Crippen LogP contribution is -2.41. The molecule has 0 aliphatic carbocycles. The fraction of sp³-hybridized carbons (Fsp3) is 0.571. The molecule has 2 aromatic rings. The Kier molecular flexibility index (Phi) is 6.21. The summed E-state index contributed by atoms with van der Waals surface area (Å²) in [6, 6.07) is 7.74. The van der Waals surface area contributed by atoms with E-state index in [1.54, 1.807) is 11.6 Å². The zero-order valence-corrected chi connectivity index (χ0v) is 17.2. The number of hydrogen-bond acceptors (Lipinski definition) is 4. The highest BCUT2D eigenvalue weighted by molar-refractivity contribution is 5.79. The summed E-state index contributed by atoms with van der Waals surface area (Å²) in [4.78, 5) is 27.1. The first-order valence-electron chi connectivity index (χ1n) is 10.1. The number of carbonyl (C=O) groups is 1. The molecule has 0 spiro atoms. The molecular weight excluding hydrogens is 356 g/mol. The van der Waals surface area contributed by atoms with E-state index in [0.29, 0.717) is 19.6 Å². The molecule has 0 saturated carbocycles. The molecule has 7 heteroatoms. The Morgan fingerprint density at radius 3 is 2.64 bits per heavy atom. The number of benzene rings is 1. The lowest BCUT2D eigenvalue weighted by Gasteiger charge is -2.32. The van der Waals surface area contributed by atoms with Crippen molar-refractivity contribution in [3.63, 3.8) is 0 Å². The van der Waals surface area contributed by atoms with E-state index in [2.05, 4.69) is 5.10 Å². The van der Waals surface area contributed by atoms with Crippen molar-refractivity contribution >= 4 is 5.91 Å². The summed E-state index contributed by atoms with van der Waals surface area (Å²) in [7, 11) is 1.68. The summed E-state index contributed by atoms with van der Waals surface area (Å²) < 4.78 is 8.61. The van der Waals surface area contributed by atoms with Gasteiger partial charge in [-0.25, -0.2) is 9.48 Å². The van der Waals surface area contributed by atoms with Gasteiger partial charge in [-0.3, -0.25) is 9.36 Å². The number of piperidine rings is 1. The van der Waals surface area contributed by atoms with Gasteiger partial charge in [0.15, 0.2) is 0 Å². The Labute approximate surface area is 165 Å². The minimum Gasteiger partial charge on any atom is -0.494 e. The second-order valence-electron chi connectivity index (χ2n) is 7.66. The number of carbonyl (C=O) groups excluding carboxylic acids is 1. The molecule has 152 valence electrons. The monoisotopic (exact) mass is 386 g/mol. The molecule has 7 nitrogen and oxygen atoms in total. The highest BCUT2D eigenvalue weighted by Gasteiger charge is 2.29. The van der Waals surface area contributed by atoms with E-state index in [4.69, 9.17) is 4.74 Å². The van der Waals surface area contributed by atoms with E-state index in [9.17, 15) is 9.59 Å². The van der Waals surface area contributed by atoms with Gasteiger partial charge in [-0.2, -0.15) is 5.10 Å². The fourth-order valence-electron chi connectivity index (χ4n) is 3.83. The van der Waals surface area contributed by atoms with Gasteiger partial charge in [0.1, 0.15) is 11.6 Å². The van der Waals surface area contributed by atoms with Crippen LogP contribution < -0.4 is 10.4 Å². The molecule has 1 fully saturated rings. The maximum absolute atomic E-state index is 12.8. The SMILES string of the molecule is CCOc1ccc(CC(=O)N2CCCC(c3nn(C)c(=O)n3C(C)C)C2)cc1. The van der Waals surface area contributed by atoms with Crippen LogP contribution in [0, 0.1) is 0 Å². The lowest BCUT2D eigenvalue weighted by atomic mass is 9.96. The number of amides is 1. The molecule has 1 aromatic carbocycles. The van der Waals surface area contributed by atoms with Gasteiger partial charge in [-0.1, -0.05) is 12.1 Å². The minimum absolute atomic E-state index is 0.0473. The maximum Gasteiger partial charge on any atom is 0.345 e. The predicted octanol–water partition coefficient (Wildman–Crippen LogP) is 2.51. The second-order valence-corrected chi connectivity index (χ2v) is 7.66. The normalized spacial score (nSPS) is 17.2. The van der Waals surface area contributed by atoms with E-state index in [1.807, 2.05) is 49.9 Å². The summed E-state index contributed by atoms with van der Waals surface area (Å²) in [5.41, 5.74) is 0.885. The molecule has 2 heterocycles. The highest BCUT2D eigenvalue weighted by Crippen LogP contribution is 2.27. The quantitative estimate of drug-likeness (QED) is 0.765. The Morgan fingerprint density at radius 1 is 1.29 bits per heavy atom. The minimum atomic E-state index is -0.0946. The van der Waals surface area contributed by atoms with Crippen LogP contribution in [0.2, 0.25) is 0 Å². The zero-order chi connectivity index (χ0) is 20.3. The molecule has 0 radical (unpaired) electrons. The molecule has 1 unspecified atom stereocenters. The third-order valence-electron chi connectivity index (χ3n) is 5.23. The summed E-state index contributed by atoms with van der Waals surface area (Å²) in [6.45, 7) is 7.92. The van der Waals surface area contributed by atoms with Crippen LogP contribution in [-0.4, -0.2) is 44.9 Å². The molecule has 1 amide bonds. The summed E-state index contributed by atoms with van der Waals surface area (Å²) >= 11 is 0. The van der Waals surface area contributed by atoms with Crippen molar-refractivity contribution in [3.8, 4) is 5.75 Å². The zero-order valence-electron chi connectivity index (χ0n) is 17.2. The van der Waals surface area contributed by atoms with Crippen molar-refractivity contribution in [2.75, 3.05) is 19.7 Å². The van der Waals surface area contributed by atoms with E-state index < -0.39 is 0 Å². The van der Waals surface area contributed by atoms with E-state index in [-0.39, 0.29) is 23.6 Å². The van der Waals surface area contributed by atoms with Crippen molar-refractivity contribution in [3.05, 3.63) is 46.1 Å². The Balaban J connectivity index is 1.70. The van der Waals surface area contributed by atoms with Crippen molar-refractivity contribution in [2.24, 2.45) is 7.05 Å². The van der Waals surface area contributed by atoms with Crippen LogP contribution in [0.4, 0.5) is 0 Å². The van der Waals surface area contributed by atoms with Crippen molar-refractivity contribution < 1.29 is 9.53 Å². The van der Waals surface area contributed by atoms with Gasteiger partial charge in [-0.15, -0.1) is 0 Å². The van der Waals surface area contributed by atoms with Crippen molar-refractivity contribution in [1.82, 2.24) is 19.2 Å². The van der Waals surface area contributed by atoms with Crippen LogP contribution in [0.25, 0.3) is 0 Å². The first kappa shape index (κ1) is 20.2. The van der Waals surface area contributed by atoms with Gasteiger partial charge in [0, 0.05) is 32.1 Å². The van der Waals surface area contributed by atoms with Crippen LogP contribution >= 0.6 is 0 Å². The second kappa shape index (κ2) is 8.63. The lowest BCUT2D eigenvalue weighted by molar-refractivity contribution is -0.131. The van der Waals surface area contributed by atoms with Gasteiger partial charge in [0.25, 0.3) is 0 Å². The van der Waals surface area contributed by atoms with Crippen LogP contribution in [0.1, 0.15) is 57.0 Å². The largest absolute Gasteiger partial charge is 0.494 e. The Bertz CT molecular complexity index is 867. The Hall–Kier alpha value is -2.57. The molecule has 3 rings (SSSR count). The molecule has 0 N–H and O–H groups in total. The number of likely N-dealkylation sites (tertiary alicyclic amines) is 1. The summed E-state index contributed by atoms with van der Waals surface area (Å²) in [5.74, 6) is 1.82. The van der Waals surface area contributed by atoms with Crippen LogP contribution in [0.3, 0.4) is 0 Å². The number of nitrogens with zero attached hydrogens (tertiary/aromatic N) is 4. The third-order valence-corrected chi connectivity index (χ3v) is 5.23. The molecule has 28 heavy (non-hydrogen) atoms. The van der Waals surface area contributed by atoms with Crippen LogP contribution in [0.5, 0.6) is 5.75 Å². The number of rotatable bonds is 6. The highest BCUT2D eigenvalue weighted by atomic mass is 16.5. The maximum atomic E-state index is 12.8. The summed E-state index contributed by atoms with van der Waals surface area (Å²) in [5, 5.41) is 4.48. The average molecular weight is 386 g/mol. The van der Waals surface area contributed by atoms with Crippen LogP contribution in [0.15, 0.2) is 29.1 Å².